The number of rotatable bonds is 3. The van der Waals surface area contributed by atoms with Crippen LogP contribution in [-0.2, 0) is 9.59 Å². The van der Waals surface area contributed by atoms with E-state index in [4.69, 9.17) is 14.2 Å². The summed E-state index contributed by atoms with van der Waals surface area (Å²) in [6, 6.07) is 13.4. The van der Waals surface area contributed by atoms with E-state index >= 15 is 0 Å². The second-order valence-corrected chi connectivity index (χ2v) is 7.61. The number of carbonyl (C=O) groups excluding carboxylic acids is 2. The highest BCUT2D eigenvalue weighted by Gasteiger charge is 2.38. The van der Waals surface area contributed by atoms with Gasteiger partial charge in [-0.05, 0) is 47.7 Å². The van der Waals surface area contributed by atoms with Crippen molar-refractivity contribution in [3.63, 3.8) is 0 Å². The molecule has 0 unspecified atom stereocenters. The topological polar surface area (TPSA) is 73.9 Å². The van der Waals surface area contributed by atoms with Crippen molar-refractivity contribution >= 4 is 11.7 Å². The quantitative estimate of drug-likeness (QED) is 0.868. The lowest BCUT2D eigenvalue weighted by Gasteiger charge is -2.34. The molecule has 2 aromatic carbocycles. The van der Waals surface area contributed by atoms with Gasteiger partial charge < -0.3 is 19.5 Å². The van der Waals surface area contributed by atoms with Crippen LogP contribution in [-0.4, -0.2) is 25.6 Å². The lowest BCUT2D eigenvalue weighted by atomic mass is 9.73. The summed E-state index contributed by atoms with van der Waals surface area (Å²) in [5.41, 5.74) is 3.47. The van der Waals surface area contributed by atoms with Gasteiger partial charge in [0.05, 0.1) is 7.11 Å². The third kappa shape index (κ3) is 3.14. The summed E-state index contributed by atoms with van der Waals surface area (Å²) >= 11 is 0. The maximum atomic E-state index is 13.2. The van der Waals surface area contributed by atoms with Crippen molar-refractivity contribution in [1.29, 1.82) is 0 Å². The Labute approximate surface area is 168 Å². The number of allylic oxidation sites excluding steroid dienone is 2. The number of nitrogens with one attached hydrogen (secondary N) is 1. The lowest BCUT2D eigenvalue weighted by Crippen LogP contribution is -2.38. The number of fused-ring (bicyclic) bond motifs is 1. The zero-order chi connectivity index (χ0) is 20.0. The van der Waals surface area contributed by atoms with Crippen molar-refractivity contribution in [3.8, 4) is 17.2 Å². The molecule has 0 spiro atoms. The molecule has 2 aromatic rings. The fourth-order valence-electron chi connectivity index (χ4n) is 4.49. The average Bonchev–Trinajstić information content (AvgIpc) is 3.20. The van der Waals surface area contributed by atoms with Gasteiger partial charge in [0.2, 0.25) is 12.7 Å². The van der Waals surface area contributed by atoms with Gasteiger partial charge in [0.1, 0.15) is 5.75 Å². The Kier molecular flexibility index (Phi) is 4.27. The second kappa shape index (κ2) is 6.95. The Morgan fingerprint density at radius 2 is 1.69 bits per heavy atom. The van der Waals surface area contributed by atoms with E-state index in [0.29, 0.717) is 24.3 Å². The van der Waals surface area contributed by atoms with Gasteiger partial charge in [-0.1, -0.05) is 18.2 Å². The smallest absolute Gasteiger partial charge is 0.231 e. The number of hydrogen-bond donors (Lipinski definition) is 1. The summed E-state index contributed by atoms with van der Waals surface area (Å²) in [6.07, 6.45) is 1.33. The Bertz CT molecular complexity index is 1020. The second-order valence-electron chi connectivity index (χ2n) is 7.61. The van der Waals surface area contributed by atoms with E-state index in [-0.39, 0.29) is 36.7 Å². The van der Waals surface area contributed by atoms with E-state index in [2.05, 4.69) is 5.32 Å². The van der Waals surface area contributed by atoms with Gasteiger partial charge in [-0.3, -0.25) is 9.59 Å². The van der Waals surface area contributed by atoms with Crippen LogP contribution in [0.4, 0.5) is 0 Å². The number of carbonyl (C=O) groups is 2. The van der Waals surface area contributed by atoms with Crippen molar-refractivity contribution in [2.75, 3.05) is 13.9 Å². The summed E-state index contributed by atoms with van der Waals surface area (Å²) in [4.78, 5) is 25.6. The van der Waals surface area contributed by atoms with E-state index in [1.165, 1.54) is 0 Å². The van der Waals surface area contributed by atoms with Crippen molar-refractivity contribution in [2.24, 2.45) is 0 Å². The van der Waals surface area contributed by atoms with Gasteiger partial charge in [-0.25, -0.2) is 0 Å². The maximum absolute atomic E-state index is 13.2. The molecule has 2 aliphatic heterocycles. The van der Waals surface area contributed by atoms with Crippen molar-refractivity contribution in [2.45, 2.75) is 31.1 Å². The molecule has 2 heterocycles. The molecular weight excluding hydrogens is 370 g/mol. The third-order valence-electron chi connectivity index (χ3n) is 5.92. The molecule has 0 saturated heterocycles. The van der Waals surface area contributed by atoms with Crippen LogP contribution in [0.1, 0.15) is 42.2 Å². The van der Waals surface area contributed by atoms with Crippen LogP contribution >= 0.6 is 0 Å². The molecule has 6 heteroatoms. The molecule has 1 aliphatic carbocycles. The monoisotopic (exact) mass is 391 g/mol. The van der Waals surface area contributed by atoms with E-state index in [1.807, 2.05) is 42.5 Å². The number of amides is 1. The first-order valence-electron chi connectivity index (χ1n) is 9.72. The van der Waals surface area contributed by atoms with Crippen LogP contribution in [0, 0.1) is 0 Å². The molecule has 0 aromatic heterocycles. The molecule has 6 nitrogen and oxygen atoms in total. The van der Waals surface area contributed by atoms with Crippen LogP contribution in [0.2, 0.25) is 0 Å². The van der Waals surface area contributed by atoms with Crippen molar-refractivity contribution in [1.82, 2.24) is 5.32 Å². The molecule has 0 bridgehead atoms. The molecule has 3 aliphatic rings. The first-order valence-corrected chi connectivity index (χ1v) is 9.72. The molecular formula is C23H21NO5. The highest BCUT2D eigenvalue weighted by molar-refractivity contribution is 6.02. The fraction of sp³-hybridized carbons (Fsp3) is 0.304. The summed E-state index contributed by atoms with van der Waals surface area (Å²) in [5.74, 6) is 1.96. The Balaban J connectivity index is 1.48. The molecule has 148 valence electrons. The normalized spacial score (nSPS) is 22.9. The van der Waals surface area contributed by atoms with Gasteiger partial charge in [-0.2, -0.15) is 0 Å². The molecule has 5 rings (SSSR count). The van der Waals surface area contributed by atoms with E-state index < -0.39 is 0 Å². The van der Waals surface area contributed by atoms with Crippen LogP contribution in [0.15, 0.2) is 53.7 Å². The van der Waals surface area contributed by atoms with Gasteiger partial charge in [0.15, 0.2) is 17.3 Å². The third-order valence-corrected chi connectivity index (χ3v) is 5.92. The Morgan fingerprint density at radius 3 is 2.48 bits per heavy atom. The predicted octanol–water partition coefficient (Wildman–Crippen LogP) is 3.43. The number of methoxy groups -OCH3 is 1. The maximum Gasteiger partial charge on any atom is 0.231 e. The zero-order valence-corrected chi connectivity index (χ0v) is 16.1. The minimum Gasteiger partial charge on any atom is -0.497 e. The minimum absolute atomic E-state index is 0.0444. The van der Waals surface area contributed by atoms with Crippen molar-refractivity contribution < 1.29 is 23.8 Å². The molecule has 0 saturated carbocycles. The van der Waals surface area contributed by atoms with Crippen LogP contribution in [0.5, 0.6) is 17.2 Å². The predicted molar refractivity (Wildman–Crippen MR) is 105 cm³/mol. The standard InChI is InChI=1S/C23H21NO5/c1-27-16-5-2-13(3-6-16)15-8-18-23(19(25)9-15)17(11-22(26)24-18)14-4-7-20-21(10-14)29-12-28-20/h2-7,10,15,17H,8-9,11-12H2,1H3,(H,24,26)/t15-,17-/m0/s1. The Morgan fingerprint density at radius 1 is 0.931 bits per heavy atom. The van der Waals surface area contributed by atoms with Crippen LogP contribution in [0.3, 0.4) is 0 Å². The summed E-state index contributed by atoms with van der Waals surface area (Å²) in [7, 11) is 1.63. The first-order chi connectivity index (χ1) is 14.1. The lowest BCUT2D eigenvalue weighted by molar-refractivity contribution is -0.122. The first kappa shape index (κ1) is 17.8. The fourth-order valence-corrected chi connectivity index (χ4v) is 4.49. The molecule has 0 radical (unpaired) electrons. The number of ketones is 1. The summed E-state index contributed by atoms with van der Waals surface area (Å²) < 4.78 is 16.1. The minimum atomic E-state index is -0.252. The van der Waals surface area contributed by atoms with Crippen LogP contribution in [0.25, 0.3) is 0 Å². The number of ether oxygens (including phenoxy) is 3. The highest BCUT2D eigenvalue weighted by Crippen LogP contribution is 2.44. The van der Waals surface area contributed by atoms with E-state index in [1.54, 1.807) is 7.11 Å². The SMILES string of the molecule is COc1ccc([C@@H]2CC(=O)C3=C(C2)NC(=O)C[C@H]3c2ccc3c(c2)OCO3)cc1. The van der Waals surface area contributed by atoms with E-state index in [9.17, 15) is 9.59 Å². The van der Waals surface area contributed by atoms with E-state index in [0.717, 1.165) is 28.1 Å². The number of benzene rings is 2. The molecule has 1 N–H and O–H groups in total. The number of hydrogen-bond acceptors (Lipinski definition) is 5. The molecule has 0 fully saturated rings. The Hall–Kier alpha value is -3.28. The van der Waals surface area contributed by atoms with Crippen molar-refractivity contribution in [3.05, 3.63) is 64.9 Å². The summed E-state index contributed by atoms with van der Waals surface area (Å²) in [5, 5.41) is 2.96. The van der Waals surface area contributed by atoms with Gasteiger partial charge >= 0.3 is 0 Å². The largest absolute Gasteiger partial charge is 0.497 e. The number of Topliss-reactive ketones (excluding diaryl/α,β-unsaturated/α-hetero) is 1. The van der Waals surface area contributed by atoms with Gasteiger partial charge in [0, 0.05) is 30.0 Å². The van der Waals surface area contributed by atoms with Crippen LogP contribution < -0.4 is 19.5 Å². The van der Waals surface area contributed by atoms with Gasteiger partial charge in [-0.15, -0.1) is 0 Å². The average molecular weight is 391 g/mol. The van der Waals surface area contributed by atoms with Gasteiger partial charge in [0.25, 0.3) is 0 Å². The highest BCUT2D eigenvalue weighted by atomic mass is 16.7. The molecule has 2 atom stereocenters. The zero-order valence-electron chi connectivity index (χ0n) is 16.1. The molecule has 29 heavy (non-hydrogen) atoms. The summed E-state index contributed by atoms with van der Waals surface area (Å²) in [6.45, 7) is 0.195. The molecule has 1 amide bonds.